The Hall–Kier alpha value is -3.68. The van der Waals surface area contributed by atoms with E-state index in [0.29, 0.717) is 37.8 Å². The van der Waals surface area contributed by atoms with Gasteiger partial charge in [0.2, 0.25) is 11.6 Å². The van der Waals surface area contributed by atoms with E-state index in [9.17, 15) is 10.1 Å². The van der Waals surface area contributed by atoms with E-state index in [2.05, 4.69) is 59.0 Å². The van der Waals surface area contributed by atoms with Crippen LogP contribution in [0.5, 0.6) is 0 Å². The Morgan fingerprint density at radius 2 is 1.48 bits per heavy atom. The number of aryl methyl sites for hydroxylation is 1. The molecule has 1 aromatic heterocycles. The van der Waals surface area contributed by atoms with Gasteiger partial charge in [0.1, 0.15) is 6.33 Å². The van der Waals surface area contributed by atoms with Crippen LogP contribution in [0.1, 0.15) is 22.3 Å². The minimum absolute atomic E-state index is 0.0112. The number of nitro groups is 1. The summed E-state index contributed by atoms with van der Waals surface area (Å²) in [6.45, 7) is 8.52. The van der Waals surface area contributed by atoms with Crippen LogP contribution in [-0.4, -0.2) is 47.6 Å². The molecule has 170 valence electrons. The average molecular weight is 445 g/mol. The lowest BCUT2D eigenvalue weighted by Gasteiger charge is -2.37. The second-order valence-electron chi connectivity index (χ2n) is 8.76. The summed E-state index contributed by atoms with van der Waals surface area (Å²) in [7, 11) is 0. The van der Waals surface area contributed by atoms with Crippen LogP contribution in [0.25, 0.3) is 0 Å². The number of aromatic nitrogens is 2. The highest BCUT2D eigenvalue weighted by Gasteiger charge is 2.33. The predicted molar refractivity (Wildman–Crippen MR) is 130 cm³/mol. The van der Waals surface area contributed by atoms with Crippen molar-refractivity contribution in [1.29, 1.82) is 0 Å². The smallest absolute Gasteiger partial charge is 0.353 e. The first-order valence-electron chi connectivity index (χ1n) is 11.4. The van der Waals surface area contributed by atoms with Crippen LogP contribution in [0.4, 0.5) is 23.0 Å². The zero-order valence-corrected chi connectivity index (χ0v) is 19.1. The van der Waals surface area contributed by atoms with Crippen LogP contribution in [0.2, 0.25) is 0 Å². The largest absolute Gasteiger partial charge is 0.368 e. The highest BCUT2D eigenvalue weighted by molar-refractivity contribution is 5.72. The fourth-order valence-electron chi connectivity index (χ4n) is 4.90. The Kier molecular flexibility index (Phi) is 5.58. The van der Waals surface area contributed by atoms with E-state index >= 15 is 0 Å². The lowest BCUT2D eigenvalue weighted by molar-refractivity contribution is -0.383. The van der Waals surface area contributed by atoms with E-state index in [0.717, 1.165) is 19.5 Å². The molecule has 0 radical (unpaired) electrons. The Bertz CT molecular complexity index is 1190. The molecule has 3 aromatic rings. The topological polar surface area (TPSA) is 78.6 Å². The molecule has 8 nitrogen and oxygen atoms in total. The van der Waals surface area contributed by atoms with E-state index in [1.165, 1.54) is 34.3 Å². The molecule has 8 heteroatoms. The maximum Gasteiger partial charge on any atom is 0.353 e. The molecule has 0 aliphatic carbocycles. The van der Waals surface area contributed by atoms with Crippen LogP contribution in [0, 0.1) is 24.0 Å². The monoisotopic (exact) mass is 444 g/mol. The van der Waals surface area contributed by atoms with Gasteiger partial charge in [-0.25, -0.2) is 9.97 Å². The van der Waals surface area contributed by atoms with Crippen LogP contribution >= 0.6 is 0 Å². The molecule has 3 heterocycles. The molecule has 0 N–H and O–H groups in total. The fourth-order valence-corrected chi connectivity index (χ4v) is 4.90. The van der Waals surface area contributed by atoms with Gasteiger partial charge < -0.3 is 14.7 Å². The number of piperazine rings is 1. The highest BCUT2D eigenvalue weighted by Crippen LogP contribution is 2.37. The molecule has 1 fully saturated rings. The normalized spacial score (nSPS) is 16.0. The first-order valence-corrected chi connectivity index (χ1v) is 11.4. The number of benzene rings is 2. The molecular weight excluding hydrogens is 416 g/mol. The Labute approximate surface area is 193 Å². The van der Waals surface area contributed by atoms with Gasteiger partial charge in [0.25, 0.3) is 0 Å². The van der Waals surface area contributed by atoms with Gasteiger partial charge in [0.05, 0.1) is 4.92 Å². The first-order chi connectivity index (χ1) is 16.0. The summed E-state index contributed by atoms with van der Waals surface area (Å²) in [5.41, 5.74) is 6.30. The SMILES string of the molecule is Cc1cccc(N2CCN(c3ncnc(N4CCc5ccccc5C4)c3[N+](=O)[O-])CC2)c1C. The third kappa shape index (κ3) is 3.97. The van der Waals surface area contributed by atoms with Gasteiger partial charge in [-0.3, -0.25) is 10.1 Å². The Morgan fingerprint density at radius 1 is 0.818 bits per heavy atom. The zero-order valence-electron chi connectivity index (χ0n) is 19.1. The van der Waals surface area contributed by atoms with Crippen molar-refractivity contribution in [3.63, 3.8) is 0 Å². The number of hydrogen-bond acceptors (Lipinski definition) is 7. The summed E-state index contributed by atoms with van der Waals surface area (Å²) in [6.07, 6.45) is 2.32. The number of nitrogens with zero attached hydrogens (tertiary/aromatic N) is 6. The van der Waals surface area contributed by atoms with Gasteiger partial charge in [0, 0.05) is 45.0 Å². The van der Waals surface area contributed by atoms with Crippen molar-refractivity contribution in [3.05, 3.63) is 81.2 Å². The number of rotatable bonds is 4. The molecule has 1 saturated heterocycles. The van der Waals surface area contributed by atoms with Crippen molar-refractivity contribution in [2.75, 3.05) is 47.4 Å². The van der Waals surface area contributed by atoms with Crippen LogP contribution in [0.15, 0.2) is 48.8 Å². The summed E-state index contributed by atoms with van der Waals surface area (Å²) in [5, 5.41) is 12.2. The lowest BCUT2D eigenvalue weighted by atomic mass is 10.00. The zero-order chi connectivity index (χ0) is 22.9. The van der Waals surface area contributed by atoms with Gasteiger partial charge in [-0.2, -0.15) is 0 Å². The Morgan fingerprint density at radius 3 is 2.21 bits per heavy atom. The van der Waals surface area contributed by atoms with Crippen molar-refractivity contribution in [2.45, 2.75) is 26.8 Å². The van der Waals surface area contributed by atoms with Gasteiger partial charge in [-0.1, -0.05) is 36.4 Å². The number of anilines is 3. The van der Waals surface area contributed by atoms with Crippen LogP contribution in [-0.2, 0) is 13.0 Å². The van der Waals surface area contributed by atoms with E-state index in [1.54, 1.807) is 0 Å². The van der Waals surface area contributed by atoms with E-state index in [1.807, 2.05) is 21.9 Å². The molecule has 0 unspecified atom stereocenters. The van der Waals surface area contributed by atoms with Gasteiger partial charge in [-0.15, -0.1) is 0 Å². The minimum Gasteiger partial charge on any atom is -0.368 e. The molecule has 2 aliphatic heterocycles. The van der Waals surface area contributed by atoms with E-state index in [4.69, 9.17) is 0 Å². The molecule has 2 aliphatic rings. The standard InChI is InChI=1S/C25H28N6O2/c1-18-6-5-9-22(19(18)2)28-12-14-29(15-13-28)24-23(31(32)33)25(27-17-26-24)30-11-10-20-7-3-4-8-21(20)16-30/h3-9,17H,10-16H2,1-2H3. The average Bonchev–Trinajstić information content (AvgIpc) is 2.85. The number of hydrogen-bond donors (Lipinski definition) is 0. The van der Waals surface area contributed by atoms with Crippen LogP contribution < -0.4 is 14.7 Å². The van der Waals surface area contributed by atoms with Crippen LogP contribution in [0.3, 0.4) is 0 Å². The molecule has 0 amide bonds. The predicted octanol–water partition coefficient (Wildman–Crippen LogP) is 3.89. The molecule has 0 atom stereocenters. The third-order valence-electron chi connectivity index (χ3n) is 6.89. The van der Waals surface area contributed by atoms with Crippen molar-refractivity contribution in [2.24, 2.45) is 0 Å². The maximum atomic E-state index is 12.2. The highest BCUT2D eigenvalue weighted by atomic mass is 16.6. The molecule has 0 spiro atoms. The molecule has 0 saturated carbocycles. The molecule has 2 aromatic carbocycles. The molecular formula is C25H28N6O2. The first kappa shape index (κ1) is 21.2. The summed E-state index contributed by atoms with van der Waals surface area (Å²) in [6, 6.07) is 14.6. The maximum absolute atomic E-state index is 12.2. The summed E-state index contributed by atoms with van der Waals surface area (Å²) < 4.78 is 0. The van der Waals surface area contributed by atoms with Gasteiger partial charge in [-0.05, 0) is 48.6 Å². The summed E-state index contributed by atoms with van der Waals surface area (Å²) >= 11 is 0. The van der Waals surface area contributed by atoms with Crippen molar-refractivity contribution in [3.8, 4) is 0 Å². The van der Waals surface area contributed by atoms with Gasteiger partial charge >= 0.3 is 5.69 Å². The second kappa shape index (κ2) is 8.69. The van der Waals surface area contributed by atoms with E-state index < -0.39 is 0 Å². The lowest BCUT2D eigenvalue weighted by Crippen LogP contribution is -2.47. The minimum atomic E-state index is -0.317. The van der Waals surface area contributed by atoms with Gasteiger partial charge in [0.15, 0.2) is 0 Å². The van der Waals surface area contributed by atoms with E-state index in [-0.39, 0.29) is 10.6 Å². The molecule has 33 heavy (non-hydrogen) atoms. The second-order valence-corrected chi connectivity index (χ2v) is 8.76. The molecule has 0 bridgehead atoms. The number of fused-ring (bicyclic) bond motifs is 1. The quantitative estimate of drug-likeness (QED) is 0.446. The van der Waals surface area contributed by atoms with Crippen molar-refractivity contribution in [1.82, 2.24) is 9.97 Å². The third-order valence-corrected chi connectivity index (χ3v) is 6.89. The molecule has 5 rings (SSSR count). The van der Waals surface area contributed by atoms with Crippen molar-refractivity contribution >= 4 is 23.0 Å². The summed E-state index contributed by atoms with van der Waals surface area (Å²) in [4.78, 5) is 27.0. The van der Waals surface area contributed by atoms with Crippen molar-refractivity contribution < 1.29 is 4.92 Å². The Balaban J connectivity index is 1.40. The fraction of sp³-hybridized carbons (Fsp3) is 0.360. The summed E-state index contributed by atoms with van der Waals surface area (Å²) in [5.74, 6) is 0.834.